The molecule has 0 heterocycles. The topological polar surface area (TPSA) is 41.5 Å². The van der Waals surface area contributed by atoms with Gasteiger partial charge in [0.25, 0.3) is 0 Å². The second-order valence-corrected chi connectivity index (χ2v) is 5.29. The van der Waals surface area contributed by atoms with E-state index in [1.54, 1.807) is 25.3 Å². The maximum Gasteiger partial charge on any atom is 0.123 e. The first kappa shape index (κ1) is 15.7. The SMILES string of the molecule is CCC(NCc1cc(Cl)ccc1O)c1ccccc1OC. The molecule has 0 saturated heterocycles. The average Bonchev–Trinajstić information content (AvgIpc) is 2.51. The lowest BCUT2D eigenvalue weighted by molar-refractivity contribution is 0.395. The van der Waals surface area contributed by atoms with Crippen molar-refractivity contribution in [3.8, 4) is 11.5 Å². The van der Waals surface area contributed by atoms with E-state index in [-0.39, 0.29) is 11.8 Å². The van der Waals surface area contributed by atoms with Crippen molar-refractivity contribution in [1.82, 2.24) is 5.32 Å². The molecule has 0 aliphatic carbocycles. The summed E-state index contributed by atoms with van der Waals surface area (Å²) in [6.07, 6.45) is 0.918. The number of para-hydroxylation sites is 1. The molecule has 0 spiro atoms. The number of halogens is 1. The van der Waals surface area contributed by atoms with Crippen molar-refractivity contribution >= 4 is 11.6 Å². The van der Waals surface area contributed by atoms with Crippen molar-refractivity contribution in [3.05, 3.63) is 58.6 Å². The van der Waals surface area contributed by atoms with E-state index in [9.17, 15) is 5.11 Å². The third-order valence-corrected chi connectivity index (χ3v) is 3.74. The van der Waals surface area contributed by atoms with E-state index >= 15 is 0 Å². The fraction of sp³-hybridized carbons (Fsp3) is 0.294. The molecule has 2 aromatic carbocycles. The minimum atomic E-state index is 0.152. The number of benzene rings is 2. The first-order valence-corrected chi connectivity index (χ1v) is 7.37. The summed E-state index contributed by atoms with van der Waals surface area (Å²) in [6.45, 7) is 2.66. The number of hydrogen-bond acceptors (Lipinski definition) is 3. The zero-order valence-corrected chi connectivity index (χ0v) is 13.0. The largest absolute Gasteiger partial charge is 0.508 e. The summed E-state index contributed by atoms with van der Waals surface area (Å²) in [7, 11) is 1.67. The normalized spacial score (nSPS) is 12.1. The van der Waals surface area contributed by atoms with Crippen molar-refractivity contribution in [2.24, 2.45) is 0 Å². The lowest BCUT2D eigenvalue weighted by Gasteiger charge is -2.20. The van der Waals surface area contributed by atoms with Gasteiger partial charge >= 0.3 is 0 Å². The van der Waals surface area contributed by atoms with Crippen LogP contribution in [-0.2, 0) is 6.54 Å². The van der Waals surface area contributed by atoms with Crippen molar-refractivity contribution in [3.63, 3.8) is 0 Å². The van der Waals surface area contributed by atoms with Crippen molar-refractivity contribution in [2.75, 3.05) is 7.11 Å². The number of ether oxygens (including phenoxy) is 1. The van der Waals surface area contributed by atoms with Crippen molar-refractivity contribution < 1.29 is 9.84 Å². The Labute approximate surface area is 130 Å². The zero-order chi connectivity index (χ0) is 15.2. The number of hydrogen-bond donors (Lipinski definition) is 2. The number of aromatic hydroxyl groups is 1. The molecule has 1 unspecified atom stereocenters. The fourth-order valence-electron chi connectivity index (χ4n) is 2.36. The summed E-state index contributed by atoms with van der Waals surface area (Å²) in [6, 6.07) is 13.2. The molecule has 4 heteroatoms. The summed E-state index contributed by atoms with van der Waals surface area (Å²) < 4.78 is 5.41. The quantitative estimate of drug-likeness (QED) is 0.836. The number of rotatable bonds is 6. The van der Waals surface area contributed by atoms with Crippen LogP contribution in [0.25, 0.3) is 0 Å². The monoisotopic (exact) mass is 305 g/mol. The molecule has 2 rings (SSSR count). The van der Waals surface area contributed by atoms with Gasteiger partial charge < -0.3 is 15.2 Å². The highest BCUT2D eigenvalue weighted by atomic mass is 35.5. The maximum atomic E-state index is 9.87. The molecule has 0 saturated carbocycles. The molecule has 2 N–H and O–H groups in total. The Bertz CT molecular complexity index is 601. The molecular formula is C17H20ClNO2. The molecule has 112 valence electrons. The molecule has 21 heavy (non-hydrogen) atoms. The molecule has 0 aromatic heterocycles. The van der Waals surface area contributed by atoms with Crippen LogP contribution in [0, 0.1) is 0 Å². The highest BCUT2D eigenvalue weighted by Crippen LogP contribution is 2.28. The van der Waals surface area contributed by atoms with Crippen molar-refractivity contribution in [1.29, 1.82) is 0 Å². The van der Waals surface area contributed by atoms with Gasteiger partial charge in [-0.25, -0.2) is 0 Å². The van der Waals surface area contributed by atoms with E-state index in [0.717, 1.165) is 23.3 Å². The summed E-state index contributed by atoms with van der Waals surface area (Å²) in [5, 5.41) is 13.9. The molecule has 0 bridgehead atoms. The van der Waals surface area contributed by atoms with E-state index in [4.69, 9.17) is 16.3 Å². The standard InChI is InChI=1S/C17H20ClNO2/c1-3-15(14-6-4-5-7-17(14)21-2)19-11-12-10-13(18)8-9-16(12)20/h4-10,15,19-20H,3,11H2,1-2H3. The highest BCUT2D eigenvalue weighted by Gasteiger charge is 2.14. The molecular weight excluding hydrogens is 286 g/mol. The second-order valence-electron chi connectivity index (χ2n) is 4.86. The summed E-state index contributed by atoms with van der Waals surface area (Å²) in [5.74, 6) is 1.12. The smallest absolute Gasteiger partial charge is 0.123 e. The van der Waals surface area contributed by atoms with Gasteiger partial charge in [-0.3, -0.25) is 0 Å². The average molecular weight is 306 g/mol. The zero-order valence-electron chi connectivity index (χ0n) is 12.3. The van der Waals surface area contributed by atoms with Crippen LogP contribution >= 0.6 is 11.6 Å². The van der Waals surface area contributed by atoms with Crippen LogP contribution in [0.4, 0.5) is 0 Å². The van der Waals surface area contributed by atoms with Crippen LogP contribution in [0.15, 0.2) is 42.5 Å². The number of phenols is 1. The molecule has 0 amide bonds. The molecule has 0 aliphatic rings. The Hall–Kier alpha value is -1.71. The van der Waals surface area contributed by atoms with Crippen LogP contribution in [0.2, 0.25) is 5.02 Å². The predicted octanol–water partition coefficient (Wildman–Crippen LogP) is 4.30. The van der Waals surface area contributed by atoms with Crippen LogP contribution in [-0.4, -0.2) is 12.2 Å². The van der Waals surface area contributed by atoms with E-state index in [1.165, 1.54) is 0 Å². The highest BCUT2D eigenvalue weighted by molar-refractivity contribution is 6.30. The van der Waals surface area contributed by atoms with Gasteiger partial charge in [-0.1, -0.05) is 36.7 Å². The van der Waals surface area contributed by atoms with Crippen LogP contribution in [0.3, 0.4) is 0 Å². The Kier molecular flexibility index (Phi) is 5.48. The third kappa shape index (κ3) is 3.90. The number of phenolic OH excluding ortho intramolecular Hbond substituents is 1. The van der Waals surface area contributed by atoms with Crippen LogP contribution in [0.1, 0.15) is 30.5 Å². The second kappa shape index (κ2) is 7.34. The molecule has 0 fully saturated rings. The van der Waals surface area contributed by atoms with E-state index < -0.39 is 0 Å². The number of nitrogens with one attached hydrogen (secondary N) is 1. The number of methoxy groups -OCH3 is 1. The van der Waals surface area contributed by atoms with Gasteiger partial charge in [0.1, 0.15) is 11.5 Å². The minimum absolute atomic E-state index is 0.152. The fourth-order valence-corrected chi connectivity index (χ4v) is 2.55. The maximum absolute atomic E-state index is 9.87. The van der Waals surface area contributed by atoms with Gasteiger partial charge in [0, 0.05) is 28.7 Å². The Balaban J connectivity index is 2.14. The molecule has 1 atom stereocenters. The summed E-state index contributed by atoms with van der Waals surface area (Å²) in [4.78, 5) is 0. The van der Waals surface area contributed by atoms with E-state index in [2.05, 4.69) is 18.3 Å². The van der Waals surface area contributed by atoms with E-state index in [0.29, 0.717) is 11.6 Å². The van der Waals surface area contributed by atoms with Gasteiger partial charge in [-0.2, -0.15) is 0 Å². The van der Waals surface area contributed by atoms with Gasteiger partial charge in [0.2, 0.25) is 0 Å². The van der Waals surface area contributed by atoms with E-state index in [1.807, 2.05) is 18.2 Å². The first-order chi connectivity index (χ1) is 10.2. The lowest BCUT2D eigenvalue weighted by Crippen LogP contribution is -2.21. The summed E-state index contributed by atoms with van der Waals surface area (Å²) >= 11 is 5.97. The summed E-state index contributed by atoms with van der Waals surface area (Å²) in [5.41, 5.74) is 1.90. The Morgan fingerprint density at radius 3 is 2.71 bits per heavy atom. The van der Waals surface area contributed by atoms with Crippen LogP contribution in [0.5, 0.6) is 11.5 Å². The minimum Gasteiger partial charge on any atom is -0.508 e. The predicted molar refractivity (Wildman–Crippen MR) is 86.0 cm³/mol. The molecule has 0 aliphatic heterocycles. The third-order valence-electron chi connectivity index (χ3n) is 3.50. The van der Waals surface area contributed by atoms with Gasteiger partial charge in [0.15, 0.2) is 0 Å². The molecule has 2 aromatic rings. The van der Waals surface area contributed by atoms with Gasteiger partial charge in [0.05, 0.1) is 7.11 Å². The van der Waals surface area contributed by atoms with Gasteiger partial charge in [-0.05, 0) is 30.7 Å². The first-order valence-electron chi connectivity index (χ1n) is 6.99. The lowest BCUT2D eigenvalue weighted by atomic mass is 10.0. The Morgan fingerprint density at radius 2 is 2.00 bits per heavy atom. The molecule has 0 radical (unpaired) electrons. The Morgan fingerprint density at radius 1 is 1.24 bits per heavy atom. The van der Waals surface area contributed by atoms with Crippen molar-refractivity contribution in [2.45, 2.75) is 25.9 Å². The van der Waals surface area contributed by atoms with Crippen LogP contribution < -0.4 is 10.1 Å². The molecule has 3 nitrogen and oxygen atoms in total. The van der Waals surface area contributed by atoms with Gasteiger partial charge in [-0.15, -0.1) is 0 Å².